The Balaban J connectivity index is 1.44. The summed E-state index contributed by atoms with van der Waals surface area (Å²) in [7, 11) is -1.37. The lowest BCUT2D eigenvalue weighted by Crippen LogP contribution is -2.60. The van der Waals surface area contributed by atoms with E-state index in [1.807, 2.05) is 0 Å². The smallest absolute Gasteiger partial charge is 0.380 e. The lowest BCUT2D eigenvalue weighted by molar-refractivity contribution is -0.277. The van der Waals surface area contributed by atoms with Crippen molar-refractivity contribution in [2.75, 3.05) is 18.5 Å². The highest BCUT2D eigenvalue weighted by atomic mass is 28.3. The number of aliphatic hydroxyl groups is 1. The summed E-state index contributed by atoms with van der Waals surface area (Å²) in [4.78, 5) is 19.2. The molecular formula is C28H36F6N6O3Si. The van der Waals surface area contributed by atoms with E-state index in [2.05, 4.69) is 35.0 Å². The van der Waals surface area contributed by atoms with E-state index in [9.17, 15) is 36.2 Å². The number of amides is 2. The van der Waals surface area contributed by atoms with Gasteiger partial charge in [0.25, 0.3) is 0 Å². The summed E-state index contributed by atoms with van der Waals surface area (Å²) in [5.74, 6) is 0. The molecule has 3 aromatic heterocycles. The Morgan fingerprint density at radius 3 is 2.45 bits per heavy atom. The van der Waals surface area contributed by atoms with Gasteiger partial charge in [0.2, 0.25) is 0 Å². The fourth-order valence-electron chi connectivity index (χ4n) is 5.71. The zero-order valence-electron chi connectivity index (χ0n) is 24.9. The molecule has 3 aromatic rings. The van der Waals surface area contributed by atoms with Gasteiger partial charge >= 0.3 is 18.4 Å². The van der Waals surface area contributed by atoms with Crippen LogP contribution in [-0.2, 0) is 18.0 Å². The maximum atomic E-state index is 13.6. The average Bonchev–Trinajstić information content (AvgIpc) is 3.40. The fraction of sp³-hybridized carbons (Fsp3) is 0.607. The van der Waals surface area contributed by atoms with Gasteiger partial charge in [-0.1, -0.05) is 19.6 Å². The molecular weight excluding hydrogens is 610 g/mol. The SMILES string of the molecule is Cc1cc2cnc(-c3nn(COCC[Si](C)(C)C)cc3NC(=O)N3CCC(O)(C(F)(F)F)CC34CC4)cc2n1CC(F)(F)F. The van der Waals surface area contributed by atoms with Crippen molar-refractivity contribution in [1.82, 2.24) is 24.2 Å². The van der Waals surface area contributed by atoms with Gasteiger partial charge in [-0.05, 0) is 37.9 Å². The van der Waals surface area contributed by atoms with E-state index in [1.165, 1.54) is 28.0 Å². The van der Waals surface area contributed by atoms with Crippen LogP contribution in [0.5, 0.6) is 0 Å². The Labute approximate surface area is 251 Å². The van der Waals surface area contributed by atoms with Crippen molar-refractivity contribution in [1.29, 1.82) is 0 Å². The number of alkyl halides is 6. The Bertz CT molecular complexity index is 1540. The minimum atomic E-state index is -4.82. The molecule has 1 unspecified atom stereocenters. The molecule has 0 radical (unpaired) electrons. The number of fused-ring (bicyclic) bond motifs is 1. The maximum absolute atomic E-state index is 13.6. The summed E-state index contributed by atoms with van der Waals surface area (Å²) in [6.07, 6.45) is -6.96. The highest BCUT2D eigenvalue weighted by Gasteiger charge is 2.65. The van der Waals surface area contributed by atoms with E-state index in [4.69, 9.17) is 4.74 Å². The second kappa shape index (κ2) is 11.0. The predicted molar refractivity (Wildman–Crippen MR) is 154 cm³/mol. The first-order valence-electron chi connectivity index (χ1n) is 14.4. The van der Waals surface area contributed by atoms with Crippen LogP contribution in [0.1, 0.15) is 31.4 Å². The molecule has 2 aliphatic rings. The first-order chi connectivity index (χ1) is 20.3. The molecule has 1 atom stereocenters. The van der Waals surface area contributed by atoms with Crippen LogP contribution in [0.15, 0.2) is 24.5 Å². The van der Waals surface area contributed by atoms with Gasteiger partial charge in [-0.15, -0.1) is 0 Å². The van der Waals surface area contributed by atoms with Crippen LogP contribution >= 0.6 is 0 Å². The Kier molecular flexibility index (Phi) is 8.11. The second-order valence-corrected chi connectivity index (χ2v) is 18.8. The highest BCUT2D eigenvalue weighted by molar-refractivity contribution is 6.76. The number of ether oxygens (including phenoxy) is 1. The van der Waals surface area contributed by atoms with Crippen molar-refractivity contribution in [2.24, 2.45) is 0 Å². The van der Waals surface area contributed by atoms with Crippen LogP contribution in [0.3, 0.4) is 0 Å². The Hall–Kier alpha value is -3.11. The number of nitrogens with one attached hydrogen (secondary N) is 1. The third-order valence-corrected chi connectivity index (χ3v) is 10.0. The first kappa shape index (κ1) is 32.3. The largest absolute Gasteiger partial charge is 0.417 e. The molecule has 1 spiro atoms. The predicted octanol–water partition coefficient (Wildman–Crippen LogP) is 6.54. The second-order valence-electron chi connectivity index (χ2n) is 13.2. The number of carbonyl (C=O) groups excluding carboxylic acids is 1. The van der Waals surface area contributed by atoms with Crippen molar-refractivity contribution in [3.8, 4) is 11.4 Å². The molecule has 4 heterocycles. The molecule has 2 amide bonds. The fourth-order valence-corrected chi connectivity index (χ4v) is 6.47. The normalized spacial score (nSPS) is 20.5. The topological polar surface area (TPSA) is 97.4 Å². The van der Waals surface area contributed by atoms with E-state index in [1.54, 1.807) is 13.0 Å². The molecule has 0 aromatic carbocycles. The van der Waals surface area contributed by atoms with Crippen molar-refractivity contribution in [3.05, 3.63) is 30.2 Å². The molecule has 5 rings (SSSR count). The number of aromatic nitrogens is 4. The van der Waals surface area contributed by atoms with Gasteiger partial charge in [-0.2, -0.15) is 31.4 Å². The molecule has 2 N–H and O–H groups in total. The minimum Gasteiger partial charge on any atom is -0.380 e. The zero-order valence-corrected chi connectivity index (χ0v) is 25.9. The molecule has 1 saturated heterocycles. The maximum Gasteiger partial charge on any atom is 0.417 e. The van der Waals surface area contributed by atoms with Crippen LogP contribution in [-0.4, -0.2) is 80.1 Å². The number of rotatable bonds is 8. The standard InChI is InChI=1S/C28H36F6N6O3Si/c1-18-11-19-13-35-20(12-22(19)39(18)16-27(29,30)31)23-21(14-38(37-23)17-43-9-10-44(2,3)4)36-24(41)40-8-7-26(42,28(32,33)34)15-25(40)5-6-25/h11-14,42H,5-10,15-17H2,1-4H3,(H,36,41). The minimum absolute atomic E-state index is 0.0332. The molecule has 1 saturated carbocycles. The number of hydrogen-bond donors (Lipinski definition) is 2. The molecule has 242 valence electrons. The number of pyridine rings is 1. The molecule has 1 aliphatic heterocycles. The van der Waals surface area contributed by atoms with E-state index in [-0.39, 0.29) is 35.9 Å². The number of anilines is 1. The van der Waals surface area contributed by atoms with E-state index in [0.29, 0.717) is 30.5 Å². The van der Waals surface area contributed by atoms with Crippen LogP contribution < -0.4 is 5.32 Å². The van der Waals surface area contributed by atoms with E-state index in [0.717, 1.165) is 10.6 Å². The summed E-state index contributed by atoms with van der Waals surface area (Å²) in [6.45, 7) is 7.20. The van der Waals surface area contributed by atoms with Gasteiger partial charge in [0.1, 0.15) is 19.0 Å². The summed E-state index contributed by atoms with van der Waals surface area (Å²) in [5.41, 5.74) is -2.77. The summed E-state index contributed by atoms with van der Waals surface area (Å²) < 4.78 is 89.1. The van der Waals surface area contributed by atoms with Gasteiger partial charge in [0.05, 0.1) is 23.1 Å². The number of aryl methyl sites for hydroxylation is 1. The van der Waals surface area contributed by atoms with Gasteiger partial charge in [-0.3, -0.25) is 4.98 Å². The molecule has 9 nitrogen and oxygen atoms in total. The van der Waals surface area contributed by atoms with Crippen LogP contribution in [0, 0.1) is 6.92 Å². The van der Waals surface area contributed by atoms with Crippen LogP contribution in [0.2, 0.25) is 25.7 Å². The van der Waals surface area contributed by atoms with Gasteiger partial charge in [0, 0.05) is 56.9 Å². The van der Waals surface area contributed by atoms with Crippen molar-refractivity contribution >= 4 is 30.7 Å². The quantitative estimate of drug-likeness (QED) is 0.165. The van der Waals surface area contributed by atoms with E-state index >= 15 is 0 Å². The number of urea groups is 1. The average molecular weight is 647 g/mol. The van der Waals surface area contributed by atoms with Crippen molar-refractivity contribution in [3.63, 3.8) is 0 Å². The zero-order chi connectivity index (χ0) is 32.3. The first-order valence-corrected chi connectivity index (χ1v) is 18.1. The number of carbonyl (C=O) groups is 1. The number of nitrogens with zero attached hydrogens (tertiary/aromatic N) is 5. The third kappa shape index (κ3) is 6.76. The molecule has 44 heavy (non-hydrogen) atoms. The van der Waals surface area contributed by atoms with Gasteiger partial charge in [0.15, 0.2) is 5.60 Å². The number of halogens is 6. The molecule has 2 fully saturated rings. The Morgan fingerprint density at radius 1 is 1.14 bits per heavy atom. The molecule has 0 bridgehead atoms. The highest BCUT2D eigenvalue weighted by Crippen LogP contribution is 2.55. The summed E-state index contributed by atoms with van der Waals surface area (Å²) in [5, 5.41) is 18.1. The summed E-state index contributed by atoms with van der Waals surface area (Å²) >= 11 is 0. The van der Waals surface area contributed by atoms with Crippen LogP contribution in [0.4, 0.5) is 36.8 Å². The van der Waals surface area contributed by atoms with Crippen LogP contribution in [0.25, 0.3) is 22.3 Å². The molecule has 16 heteroatoms. The number of likely N-dealkylation sites (tertiary alicyclic amines) is 1. The number of piperidine rings is 1. The molecule has 1 aliphatic carbocycles. The lowest BCUT2D eigenvalue weighted by Gasteiger charge is -2.45. The Morgan fingerprint density at radius 2 is 1.84 bits per heavy atom. The van der Waals surface area contributed by atoms with Crippen molar-refractivity contribution < 1.29 is 41.0 Å². The summed E-state index contributed by atoms with van der Waals surface area (Å²) in [6, 6.07) is 3.30. The van der Waals surface area contributed by atoms with Crippen molar-refractivity contribution in [2.45, 2.75) is 95.1 Å². The van der Waals surface area contributed by atoms with E-state index < -0.39 is 57.0 Å². The van der Waals surface area contributed by atoms with Gasteiger partial charge in [-0.25, -0.2) is 9.48 Å². The third-order valence-electron chi connectivity index (χ3n) is 8.34. The van der Waals surface area contributed by atoms with Gasteiger partial charge < -0.3 is 24.6 Å². The lowest BCUT2D eigenvalue weighted by atomic mass is 9.84. The number of hydrogen-bond acceptors (Lipinski definition) is 5. The monoisotopic (exact) mass is 646 g/mol.